The molecule has 1 amide bonds. The van der Waals surface area contributed by atoms with Crippen molar-refractivity contribution in [3.05, 3.63) is 66.2 Å². The molecule has 1 aliphatic rings. The minimum absolute atomic E-state index is 0.0160. The molecule has 1 heterocycles. The number of ketones is 1. The molecule has 0 spiro atoms. The number of hydrogen-bond donors (Lipinski definition) is 0. The Morgan fingerprint density at radius 1 is 1.00 bits per heavy atom. The van der Waals surface area contributed by atoms with Crippen LogP contribution in [0.4, 0.5) is 0 Å². The number of ether oxygens (including phenoxy) is 1. The third-order valence-electron chi connectivity index (χ3n) is 4.26. The molecule has 3 rings (SSSR count). The summed E-state index contributed by atoms with van der Waals surface area (Å²) in [6.07, 6.45) is 1.89. The molecule has 0 bridgehead atoms. The molecule has 0 radical (unpaired) electrons. The van der Waals surface area contributed by atoms with E-state index < -0.39 is 0 Å². The van der Waals surface area contributed by atoms with Crippen LogP contribution < -0.4 is 4.74 Å². The van der Waals surface area contributed by atoms with Gasteiger partial charge in [0.25, 0.3) is 0 Å². The molecular weight excluding hydrogens is 302 g/mol. The average Bonchev–Trinajstić information content (AvgIpc) is 3.12. The highest BCUT2D eigenvalue weighted by Gasteiger charge is 2.34. The summed E-state index contributed by atoms with van der Waals surface area (Å²) < 4.78 is 5.58. The summed E-state index contributed by atoms with van der Waals surface area (Å²) in [5.41, 5.74) is 0.669. The first-order valence-electron chi connectivity index (χ1n) is 8.32. The fourth-order valence-corrected chi connectivity index (χ4v) is 3.05. The number of carbonyl (C=O) groups is 2. The van der Waals surface area contributed by atoms with E-state index in [1.807, 2.05) is 60.7 Å². The van der Waals surface area contributed by atoms with Crippen molar-refractivity contribution in [2.45, 2.75) is 25.3 Å². The van der Waals surface area contributed by atoms with Crippen molar-refractivity contribution in [2.24, 2.45) is 0 Å². The van der Waals surface area contributed by atoms with Crippen molar-refractivity contribution < 1.29 is 14.3 Å². The molecule has 0 aliphatic carbocycles. The molecular formula is C20H21NO3. The molecule has 4 nitrogen and oxygen atoms in total. The first kappa shape index (κ1) is 16.2. The Balaban J connectivity index is 1.56. The van der Waals surface area contributed by atoms with Crippen LogP contribution in [0.1, 0.15) is 29.6 Å². The van der Waals surface area contributed by atoms with Crippen molar-refractivity contribution in [2.75, 3.05) is 13.2 Å². The lowest BCUT2D eigenvalue weighted by Gasteiger charge is -2.24. The van der Waals surface area contributed by atoms with Crippen molar-refractivity contribution >= 4 is 11.7 Å². The first-order valence-corrected chi connectivity index (χ1v) is 8.32. The Bertz CT molecular complexity index is 685. The molecule has 0 aromatic heterocycles. The Labute approximate surface area is 142 Å². The highest BCUT2D eigenvalue weighted by atomic mass is 16.5. The van der Waals surface area contributed by atoms with Crippen LogP contribution in [-0.4, -0.2) is 35.8 Å². The zero-order valence-electron chi connectivity index (χ0n) is 13.6. The number of amides is 1. The normalized spacial score (nSPS) is 16.8. The number of likely N-dealkylation sites (tertiary alicyclic amines) is 1. The second kappa shape index (κ2) is 7.77. The summed E-state index contributed by atoms with van der Waals surface area (Å²) in [7, 11) is 0. The molecule has 1 aliphatic heterocycles. The van der Waals surface area contributed by atoms with Crippen LogP contribution in [-0.2, 0) is 4.79 Å². The quantitative estimate of drug-likeness (QED) is 0.766. The van der Waals surface area contributed by atoms with Gasteiger partial charge in [-0.05, 0) is 25.0 Å². The van der Waals surface area contributed by atoms with E-state index in [1.165, 1.54) is 0 Å². The van der Waals surface area contributed by atoms with Crippen LogP contribution in [0.15, 0.2) is 60.7 Å². The van der Waals surface area contributed by atoms with E-state index in [0.29, 0.717) is 18.7 Å². The summed E-state index contributed by atoms with van der Waals surface area (Å²) in [5.74, 6) is 0.770. The molecule has 1 atom stereocenters. The topological polar surface area (TPSA) is 46.6 Å². The number of hydrogen-bond acceptors (Lipinski definition) is 3. The van der Waals surface area contributed by atoms with Gasteiger partial charge in [-0.15, -0.1) is 0 Å². The van der Waals surface area contributed by atoms with E-state index in [1.54, 1.807) is 4.90 Å². The molecule has 2 aromatic rings. The Morgan fingerprint density at radius 3 is 2.38 bits per heavy atom. The second-order valence-electron chi connectivity index (χ2n) is 5.89. The first-order chi connectivity index (χ1) is 11.8. The van der Waals surface area contributed by atoms with Crippen LogP contribution in [0.25, 0.3) is 0 Å². The van der Waals surface area contributed by atoms with Gasteiger partial charge in [-0.3, -0.25) is 9.59 Å². The van der Waals surface area contributed by atoms with E-state index in [9.17, 15) is 9.59 Å². The zero-order valence-corrected chi connectivity index (χ0v) is 13.6. The third kappa shape index (κ3) is 3.82. The van der Waals surface area contributed by atoms with Gasteiger partial charge in [-0.2, -0.15) is 0 Å². The Morgan fingerprint density at radius 2 is 1.67 bits per heavy atom. The lowest BCUT2D eigenvalue weighted by atomic mass is 10.0. The van der Waals surface area contributed by atoms with E-state index in [0.717, 1.165) is 18.6 Å². The molecule has 24 heavy (non-hydrogen) atoms. The molecule has 2 aromatic carbocycles. The van der Waals surface area contributed by atoms with Crippen LogP contribution in [0, 0.1) is 0 Å². The maximum atomic E-state index is 12.6. The summed E-state index contributed by atoms with van der Waals surface area (Å²) >= 11 is 0. The maximum Gasteiger partial charge on any atom is 0.226 e. The highest BCUT2D eigenvalue weighted by Crippen LogP contribution is 2.22. The van der Waals surface area contributed by atoms with E-state index >= 15 is 0 Å². The number of rotatable bonds is 6. The molecule has 124 valence electrons. The van der Waals surface area contributed by atoms with Gasteiger partial charge in [0, 0.05) is 12.1 Å². The predicted octanol–water partition coefficient (Wildman–Crippen LogP) is 3.33. The van der Waals surface area contributed by atoms with Crippen molar-refractivity contribution in [1.82, 2.24) is 4.90 Å². The number of para-hydroxylation sites is 1. The second-order valence-corrected chi connectivity index (χ2v) is 5.89. The Hall–Kier alpha value is -2.62. The highest BCUT2D eigenvalue weighted by molar-refractivity contribution is 6.02. The van der Waals surface area contributed by atoms with Crippen molar-refractivity contribution in [3.63, 3.8) is 0 Å². The number of benzene rings is 2. The zero-order chi connectivity index (χ0) is 16.8. The van der Waals surface area contributed by atoms with Gasteiger partial charge in [0.1, 0.15) is 5.75 Å². The lowest BCUT2D eigenvalue weighted by Crippen LogP contribution is -2.41. The van der Waals surface area contributed by atoms with Gasteiger partial charge in [-0.1, -0.05) is 48.5 Å². The van der Waals surface area contributed by atoms with Crippen molar-refractivity contribution in [3.8, 4) is 5.75 Å². The van der Waals surface area contributed by atoms with Gasteiger partial charge >= 0.3 is 0 Å². The van der Waals surface area contributed by atoms with Crippen molar-refractivity contribution in [1.29, 1.82) is 0 Å². The van der Waals surface area contributed by atoms with Gasteiger partial charge in [-0.25, -0.2) is 0 Å². The summed E-state index contributed by atoms with van der Waals surface area (Å²) in [5, 5.41) is 0. The largest absolute Gasteiger partial charge is 0.493 e. The molecule has 1 saturated heterocycles. The molecule has 0 N–H and O–H groups in total. The minimum atomic E-state index is -0.336. The predicted molar refractivity (Wildman–Crippen MR) is 92.1 cm³/mol. The van der Waals surface area contributed by atoms with Gasteiger partial charge in [0.15, 0.2) is 5.78 Å². The third-order valence-corrected chi connectivity index (χ3v) is 4.26. The SMILES string of the molecule is O=C(c1ccccc1)C1CCCN1C(=O)CCOc1ccccc1. The monoisotopic (exact) mass is 323 g/mol. The molecule has 4 heteroatoms. The van der Waals surface area contributed by atoms with Gasteiger partial charge in [0.2, 0.25) is 5.91 Å². The summed E-state index contributed by atoms with van der Waals surface area (Å²) in [4.78, 5) is 26.8. The van der Waals surface area contributed by atoms with E-state index in [2.05, 4.69) is 0 Å². The smallest absolute Gasteiger partial charge is 0.226 e. The van der Waals surface area contributed by atoms with Crippen LogP contribution in [0.5, 0.6) is 5.75 Å². The summed E-state index contributed by atoms with van der Waals surface area (Å²) in [6.45, 7) is 0.971. The minimum Gasteiger partial charge on any atom is -0.493 e. The lowest BCUT2D eigenvalue weighted by molar-refractivity contribution is -0.131. The van der Waals surface area contributed by atoms with E-state index in [4.69, 9.17) is 4.74 Å². The number of Topliss-reactive ketones (excluding diaryl/α,β-unsaturated/α-hetero) is 1. The fourth-order valence-electron chi connectivity index (χ4n) is 3.05. The van der Waals surface area contributed by atoms with Crippen LogP contribution in [0.2, 0.25) is 0 Å². The van der Waals surface area contributed by atoms with Crippen LogP contribution in [0.3, 0.4) is 0 Å². The Kier molecular flexibility index (Phi) is 5.26. The molecule has 0 saturated carbocycles. The fraction of sp³-hybridized carbons (Fsp3) is 0.300. The molecule has 1 unspecified atom stereocenters. The van der Waals surface area contributed by atoms with Gasteiger partial charge < -0.3 is 9.64 Å². The van der Waals surface area contributed by atoms with E-state index in [-0.39, 0.29) is 24.2 Å². The summed E-state index contributed by atoms with van der Waals surface area (Å²) in [6, 6.07) is 18.3. The van der Waals surface area contributed by atoms with Gasteiger partial charge in [0.05, 0.1) is 19.1 Å². The average molecular weight is 323 g/mol. The standard InChI is InChI=1S/C20H21NO3/c22-19(13-15-24-17-10-5-2-6-11-17)21-14-7-12-18(21)20(23)16-8-3-1-4-9-16/h1-6,8-11,18H,7,12-15H2. The number of nitrogens with zero attached hydrogens (tertiary/aromatic N) is 1. The van der Waals surface area contributed by atoms with Crippen LogP contribution >= 0.6 is 0 Å². The number of carbonyl (C=O) groups excluding carboxylic acids is 2. The molecule has 1 fully saturated rings. The maximum absolute atomic E-state index is 12.6.